The molecule has 3 rings (SSSR count). The summed E-state index contributed by atoms with van der Waals surface area (Å²) in [5.41, 5.74) is 3.72. The maximum atomic E-state index is 13.0. The number of nitrogens with one attached hydrogen (secondary N) is 1. The van der Waals surface area contributed by atoms with Crippen molar-refractivity contribution in [3.8, 4) is 0 Å². The summed E-state index contributed by atoms with van der Waals surface area (Å²) in [5, 5.41) is 8.23. The normalized spacial score (nSPS) is 14.7. The fourth-order valence-corrected chi connectivity index (χ4v) is 3.19. The van der Waals surface area contributed by atoms with Crippen LogP contribution in [-0.4, -0.2) is 16.8 Å². The SMILES string of the molecule is Cc1ccc(Cc2ccc(F)cc2)c(N2C(=N)SCC2=O)c1. The van der Waals surface area contributed by atoms with E-state index in [4.69, 9.17) is 5.41 Å². The lowest BCUT2D eigenvalue weighted by molar-refractivity contribution is -0.115. The van der Waals surface area contributed by atoms with Crippen molar-refractivity contribution in [2.24, 2.45) is 0 Å². The molecule has 1 amide bonds. The second-order valence-corrected chi connectivity index (χ2v) is 6.22. The minimum Gasteiger partial charge on any atom is -0.278 e. The number of anilines is 1. The topological polar surface area (TPSA) is 44.2 Å². The quantitative estimate of drug-likeness (QED) is 0.938. The van der Waals surface area contributed by atoms with Gasteiger partial charge < -0.3 is 0 Å². The fraction of sp³-hybridized carbons (Fsp3) is 0.176. The van der Waals surface area contributed by atoms with Crippen LogP contribution in [0.1, 0.15) is 16.7 Å². The van der Waals surface area contributed by atoms with Crippen molar-refractivity contribution in [2.45, 2.75) is 13.3 Å². The van der Waals surface area contributed by atoms with Crippen LogP contribution in [0.15, 0.2) is 42.5 Å². The highest BCUT2D eigenvalue weighted by Crippen LogP contribution is 2.31. The van der Waals surface area contributed by atoms with Crippen LogP contribution in [0.3, 0.4) is 0 Å². The molecule has 0 bridgehead atoms. The number of aryl methyl sites for hydroxylation is 1. The van der Waals surface area contributed by atoms with Crippen molar-refractivity contribution >= 4 is 28.5 Å². The molecular formula is C17H15FN2OS. The van der Waals surface area contributed by atoms with Gasteiger partial charge in [-0.05, 0) is 48.2 Å². The van der Waals surface area contributed by atoms with Gasteiger partial charge in [-0.25, -0.2) is 4.39 Å². The molecule has 0 atom stereocenters. The van der Waals surface area contributed by atoms with Crippen molar-refractivity contribution < 1.29 is 9.18 Å². The molecule has 22 heavy (non-hydrogen) atoms. The smallest absolute Gasteiger partial charge is 0.243 e. The van der Waals surface area contributed by atoms with Crippen molar-refractivity contribution in [3.63, 3.8) is 0 Å². The summed E-state index contributed by atoms with van der Waals surface area (Å²) < 4.78 is 13.0. The standard InChI is InChI=1S/C17H15FN2OS/c1-11-2-5-13(9-12-3-6-14(18)7-4-12)15(8-11)20-16(21)10-22-17(20)19/h2-8,19H,9-10H2,1H3. The van der Waals surface area contributed by atoms with E-state index in [9.17, 15) is 9.18 Å². The molecule has 0 unspecified atom stereocenters. The molecule has 0 aliphatic carbocycles. The van der Waals surface area contributed by atoms with Crippen LogP contribution in [0.2, 0.25) is 0 Å². The molecule has 0 radical (unpaired) electrons. The number of benzene rings is 2. The Bertz CT molecular complexity index is 727. The summed E-state index contributed by atoms with van der Waals surface area (Å²) in [7, 11) is 0. The molecule has 0 saturated carbocycles. The van der Waals surface area contributed by atoms with Gasteiger partial charge in [0, 0.05) is 0 Å². The van der Waals surface area contributed by atoms with Gasteiger partial charge in [-0.3, -0.25) is 15.1 Å². The number of halogens is 1. The molecule has 1 aliphatic heterocycles. The van der Waals surface area contributed by atoms with Gasteiger partial charge >= 0.3 is 0 Å². The summed E-state index contributed by atoms with van der Waals surface area (Å²) >= 11 is 1.24. The second kappa shape index (κ2) is 5.93. The lowest BCUT2D eigenvalue weighted by Crippen LogP contribution is -2.29. The monoisotopic (exact) mass is 314 g/mol. The molecule has 2 aromatic carbocycles. The van der Waals surface area contributed by atoms with Crippen LogP contribution < -0.4 is 4.90 Å². The van der Waals surface area contributed by atoms with E-state index < -0.39 is 0 Å². The van der Waals surface area contributed by atoms with Crippen LogP contribution in [0.5, 0.6) is 0 Å². The maximum Gasteiger partial charge on any atom is 0.243 e. The minimum atomic E-state index is -0.263. The van der Waals surface area contributed by atoms with E-state index in [2.05, 4.69) is 0 Å². The average molecular weight is 314 g/mol. The third-order valence-electron chi connectivity index (χ3n) is 3.57. The van der Waals surface area contributed by atoms with Crippen molar-refractivity contribution in [3.05, 3.63) is 65.0 Å². The molecule has 1 fully saturated rings. The van der Waals surface area contributed by atoms with Crippen LogP contribution in [0, 0.1) is 18.2 Å². The zero-order chi connectivity index (χ0) is 15.7. The third kappa shape index (κ3) is 2.90. The Morgan fingerprint density at radius 1 is 1.23 bits per heavy atom. The van der Waals surface area contributed by atoms with Gasteiger partial charge in [0.2, 0.25) is 5.91 Å². The Morgan fingerprint density at radius 2 is 1.95 bits per heavy atom. The van der Waals surface area contributed by atoms with Gasteiger partial charge in [0.25, 0.3) is 0 Å². The molecule has 1 N–H and O–H groups in total. The van der Waals surface area contributed by atoms with Crippen LogP contribution in [0.4, 0.5) is 10.1 Å². The second-order valence-electron chi connectivity index (χ2n) is 5.26. The number of carbonyl (C=O) groups is 1. The highest BCUT2D eigenvalue weighted by atomic mass is 32.2. The highest BCUT2D eigenvalue weighted by molar-refractivity contribution is 8.15. The molecule has 5 heteroatoms. The number of amidine groups is 1. The van der Waals surface area contributed by atoms with E-state index in [0.29, 0.717) is 12.2 Å². The van der Waals surface area contributed by atoms with Crippen LogP contribution >= 0.6 is 11.8 Å². The molecular weight excluding hydrogens is 299 g/mol. The third-order valence-corrected chi connectivity index (χ3v) is 4.42. The van der Waals surface area contributed by atoms with Crippen molar-refractivity contribution in [2.75, 3.05) is 10.7 Å². The Labute approximate surface area is 132 Å². The number of nitrogens with zero attached hydrogens (tertiary/aromatic N) is 1. The van der Waals surface area contributed by atoms with E-state index in [-0.39, 0.29) is 16.9 Å². The van der Waals surface area contributed by atoms with Crippen molar-refractivity contribution in [1.82, 2.24) is 0 Å². The lowest BCUT2D eigenvalue weighted by atomic mass is 10.0. The number of rotatable bonds is 3. The zero-order valence-corrected chi connectivity index (χ0v) is 12.9. The maximum absolute atomic E-state index is 13.0. The minimum absolute atomic E-state index is 0.0686. The Kier molecular flexibility index (Phi) is 3.98. The largest absolute Gasteiger partial charge is 0.278 e. The summed E-state index contributed by atoms with van der Waals surface area (Å²) in [6, 6.07) is 12.2. The van der Waals surface area contributed by atoms with Gasteiger partial charge in [0.05, 0.1) is 11.4 Å². The van der Waals surface area contributed by atoms with Gasteiger partial charge in [-0.2, -0.15) is 0 Å². The molecule has 1 saturated heterocycles. The predicted octanol–water partition coefficient (Wildman–Crippen LogP) is 3.74. The molecule has 1 aliphatic rings. The van der Waals surface area contributed by atoms with Crippen LogP contribution in [0.25, 0.3) is 0 Å². The molecule has 0 aromatic heterocycles. The molecule has 3 nitrogen and oxygen atoms in total. The van der Waals surface area contributed by atoms with Gasteiger partial charge in [0.1, 0.15) is 5.82 Å². The molecule has 0 spiro atoms. The molecule has 2 aromatic rings. The Hall–Kier alpha value is -2.14. The summed E-state index contributed by atoms with van der Waals surface area (Å²) in [5.74, 6) is -0.0234. The number of hydrogen-bond donors (Lipinski definition) is 1. The van der Waals surface area contributed by atoms with Gasteiger partial charge in [0.15, 0.2) is 5.17 Å². The van der Waals surface area contributed by atoms with Gasteiger partial charge in [-0.15, -0.1) is 0 Å². The first-order chi connectivity index (χ1) is 10.5. The summed E-state index contributed by atoms with van der Waals surface area (Å²) in [4.78, 5) is 13.5. The summed E-state index contributed by atoms with van der Waals surface area (Å²) in [6.07, 6.45) is 0.595. The lowest BCUT2D eigenvalue weighted by Gasteiger charge is -2.20. The van der Waals surface area contributed by atoms with Gasteiger partial charge in [-0.1, -0.05) is 36.0 Å². The van der Waals surface area contributed by atoms with E-state index in [1.807, 2.05) is 25.1 Å². The van der Waals surface area contributed by atoms with E-state index in [1.54, 1.807) is 12.1 Å². The van der Waals surface area contributed by atoms with Crippen molar-refractivity contribution in [1.29, 1.82) is 5.41 Å². The highest BCUT2D eigenvalue weighted by Gasteiger charge is 2.29. The fourth-order valence-electron chi connectivity index (χ4n) is 2.47. The number of carbonyl (C=O) groups excluding carboxylic acids is 1. The first kappa shape index (κ1) is 14.8. The first-order valence-corrected chi connectivity index (χ1v) is 7.91. The first-order valence-electron chi connectivity index (χ1n) is 6.93. The molecule has 1 heterocycles. The summed E-state index contributed by atoms with van der Waals surface area (Å²) in [6.45, 7) is 1.96. The number of hydrogen-bond acceptors (Lipinski definition) is 3. The Balaban J connectivity index is 1.99. The van der Waals surface area contributed by atoms with Crippen LogP contribution in [-0.2, 0) is 11.2 Å². The van der Waals surface area contributed by atoms with E-state index in [1.165, 1.54) is 28.8 Å². The van der Waals surface area contributed by atoms with E-state index in [0.717, 1.165) is 22.4 Å². The van der Waals surface area contributed by atoms with E-state index >= 15 is 0 Å². The Morgan fingerprint density at radius 3 is 2.59 bits per heavy atom. The number of thioether (sulfide) groups is 1. The average Bonchev–Trinajstić information content (AvgIpc) is 2.82. The predicted molar refractivity (Wildman–Crippen MR) is 88.1 cm³/mol. The number of amides is 1. The molecule has 112 valence electrons. The zero-order valence-electron chi connectivity index (χ0n) is 12.1.